The van der Waals surface area contributed by atoms with Gasteiger partial charge in [-0.15, -0.1) is 0 Å². The Kier molecular flexibility index (Phi) is 8.29. The average Bonchev–Trinajstić information content (AvgIpc) is 3.94. The zero-order chi connectivity index (χ0) is 50.3. The summed E-state index contributed by atoms with van der Waals surface area (Å²) in [4.78, 5) is 0. The molecule has 0 saturated heterocycles. The summed E-state index contributed by atoms with van der Waals surface area (Å²) in [6.45, 7) is 35.7. The molecule has 0 fully saturated rings. The Balaban J connectivity index is 1.30. The van der Waals surface area contributed by atoms with E-state index in [1.165, 1.54) is 144 Å². The van der Waals surface area contributed by atoms with Crippen molar-refractivity contribution in [3.63, 3.8) is 0 Å². The first kappa shape index (κ1) is 44.2. The summed E-state index contributed by atoms with van der Waals surface area (Å²) in [6, 6.07) is 54.3. The summed E-state index contributed by atoms with van der Waals surface area (Å²) in [5.74, 6) is 0. The molecule has 1 aliphatic carbocycles. The number of nitrogens with zero attached hydrogens (tertiary/aromatic N) is 2. The molecule has 1 spiro atoms. The Morgan fingerprint density at radius 3 is 1.35 bits per heavy atom. The second kappa shape index (κ2) is 13.5. The van der Waals surface area contributed by atoms with Crippen molar-refractivity contribution >= 4 is 66.7 Å². The summed E-state index contributed by atoms with van der Waals surface area (Å²) in [5, 5.41) is 5.44. The van der Waals surface area contributed by atoms with Crippen molar-refractivity contribution in [2.24, 2.45) is 0 Å². The third-order valence-electron chi connectivity index (χ3n) is 17.8. The smallest absolute Gasteiger partial charge is 0.252 e. The van der Waals surface area contributed by atoms with Crippen molar-refractivity contribution in [2.75, 3.05) is 0 Å². The fraction of sp³-hybridized carbons (Fsp3) is 0.304. The second-order valence-corrected chi connectivity index (χ2v) is 27.4. The first-order valence-electron chi connectivity index (χ1n) is 26.7. The van der Waals surface area contributed by atoms with Gasteiger partial charge in [0, 0.05) is 43.8 Å². The van der Waals surface area contributed by atoms with Gasteiger partial charge < -0.3 is 9.13 Å². The summed E-state index contributed by atoms with van der Waals surface area (Å²) in [6.07, 6.45) is 0. The summed E-state index contributed by atoms with van der Waals surface area (Å²) < 4.78 is 5.55. The van der Waals surface area contributed by atoms with Gasteiger partial charge in [0.15, 0.2) is 0 Å². The van der Waals surface area contributed by atoms with E-state index in [1.807, 2.05) is 0 Å². The highest BCUT2D eigenvalue weighted by Crippen LogP contribution is 2.63. The minimum atomic E-state index is -0.598. The number of hydrogen-bond acceptors (Lipinski definition) is 0. The van der Waals surface area contributed by atoms with Crippen molar-refractivity contribution < 1.29 is 0 Å². The molecule has 72 heavy (non-hydrogen) atoms. The molecule has 0 radical (unpaired) electrons. The van der Waals surface area contributed by atoms with Crippen molar-refractivity contribution in [1.82, 2.24) is 9.13 Å². The van der Waals surface area contributed by atoms with Gasteiger partial charge in [-0.1, -0.05) is 201 Å². The zero-order valence-corrected chi connectivity index (χ0v) is 45.2. The summed E-state index contributed by atoms with van der Waals surface area (Å²) in [5.41, 5.74) is 29.1. The van der Waals surface area contributed by atoms with Crippen LogP contribution in [-0.2, 0) is 32.5 Å². The lowest BCUT2D eigenvalue weighted by Crippen LogP contribution is -2.61. The van der Waals surface area contributed by atoms with E-state index in [-0.39, 0.29) is 33.8 Å². The van der Waals surface area contributed by atoms with Crippen LogP contribution in [0.1, 0.15) is 154 Å². The molecule has 0 saturated carbocycles. The highest BCUT2D eigenvalue weighted by molar-refractivity contribution is 7.00. The van der Waals surface area contributed by atoms with E-state index in [0.29, 0.717) is 0 Å². The number of benzene rings is 8. The van der Waals surface area contributed by atoms with Gasteiger partial charge in [0.1, 0.15) is 0 Å². The molecule has 3 aliphatic heterocycles. The van der Waals surface area contributed by atoms with Gasteiger partial charge in [0.05, 0.1) is 22.1 Å². The van der Waals surface area contributed by atoms with Gasteiger partial charge in [-0.05, 0) is 147 Å². The fourth-order valence-corrected chi connectivity index (χ4v) is 14.0. The molecule has 356 valence electrons. The van der Waals surface area contributed by atoms with Crippen LogP contribution in [0.2, 0.25) is 0 Å². The largest absolute Gasteiger partial charge is 0.310 e. The summed E-state index contributed by atoms with van der Waals surface area (Å²) in [7, 11) is 0. The van der Waals surface area contributed by atoms with E-state index < -0.39 is 5.41 Å². The number of hydrogen-bond donors (Lipinski definition) is 0. The molecule has 5 heterocycles. The van der Waals surface area contributed by atoms with Crippen molar-refractivity contribution in [3.8, 4) is 33.6 Å². The van der Waals surface area contributed by atoms with Crippen LogP contribution in [0.15, 0.2) is 133 Å². The SMILES string of the molecule is CC(C)(C)c1ccc(-c2cc3c4c5c2-n2c6ccc(C(C)(C)C)cc6c6cc(C(C)(C)C)cc(c62)B5c2cc(C(C)(C)C)cc5c6cc(C(C)(C)C)cc(c6n-4c25)C32c3ccccc3-c3ccccc32)cc1. The average molecular weight is 935 g/mol. The van der Waals surface area contributed by atoms with Crippen LogP contribution in [-0.4, -0.2) is 15.8 Å². The zero-order valence-electron chi connectivity index (χ0n) is 45.2. The van der Waals surface area contributed by atoms with Crippen molar-refractivity contribution in [2.45, 2.75) is 136 Å². The normalized spacial score (nSPS) is 15.2. The molecule has 0 bridgehead atoms. The van der Waals surface area contributed by atoms with Gasteiger partial charge in [-0.3, -0.25) is 0 Å². The topological polar surface area (TPSA) is 9.86 Å². The molecular weight excluding hydrogens is 868 g/mol. The monoisotopic (exact) mass is 935 g/mol. The van der Waals surface area contributed by atoms with Crippen LogP contribution in [0.4, 0.5) is 0 Å². The molecule has 3 heteroatoms. The Morgan fingerprint density at radius 1 is 0.347 bits per heavy atom. The van der Waals surface area contributed by atoms with Crippen LogP contribution in [0.3, 0.4) is 0 Å². The lowest BCUT2D eigenvalue weighted by molar-refractivity contribution is 0.588. The predicted molar refractivity (Wildman–Crippen MR) is 310 cm³/mol. The Morgan fingerprint density at radius 2 is 0.806 bits per heavy atom. The molecule has 0 atom stereocenters. The van der Waals surface area contributed by atoms with Crippen LogP contribution < -0.4 is 16.4 Å². The van der Waals surface area contributed by atoms with E-state index >= 15 is 0 Å². The minimum absolute atomic E-state index is 0.00794. The summed E-state index contributed by atoms with van der Waals surface area (Å²) >= 11 is 0. The number of aromatic nitrogens is 2. The van der Waals surface area contributed by atoms with E-state index in [0.717, 1.165) is 0 Å². The lowest BCUT2D eigenvalue weighted by atomic mass is 9.33. The maximum atomic E-state index is 2.80. The van der Waals surface area contributed by atoms with Crippen molar-refractivity contribution in [1.29, 1.82) is 0 Å². The van der Waals surface area contributed by atoms with Crippen LogP contribution in [0, 0.1) is 0 Å². The van der Waals surface area contributed by atoms with Crippen LogP contribution >= 0.6 is 0 Å². The quantitative estimate of drug-likeness (QED) is 0.145. The Labute approximate surface area is 427 Å². The third-order valence-corrected chi connectivity index (χ3v) is 17.8. The molecule has 2 nitrogen and oxygen atoms in total. The van der Waals surface area contributed by atoms with Gasteiger partial charge in [0.2, 0.25) is 0 Å². The highest BCUT2D eigenvalue weighted by atomic mass is 15.1. The second-order valence-electron chi connectivity index (χ2n) is 27.4. The van der Waals surface area contributed by atoms with Gasteiger partial charge in [0.25, 0.3) is 6.71 Å². The number of rotatable bonds is 1. The van der Waals surface area contributed by atoms with Gasteiger partial charge in [-0.2, -0.15) is 0 Å². The standard InChI is InChI=1S/C69H67BN2/c1-64(2,3)39-26-24-38(25-27-39)46-37-54-63-58-62(46)71-57-29-28-40(65(4,5)6)30-47(57)48-32-42(67(10,11)12)35-55(60(48)71)70(58)56-36-43(68(13,14)15)33-50-49-31-41(66(7,8)9)34-53(59(49)72(63)61(50)56)69(54)51-22-18-16-20-44(51)45-21-17-19-23-52(45)69/h16-37H,1-15H3. The first-order chi connectivity index (χ1) is 33.9. The molecule has 4 aliphatic rings. The van der Waals surface area contributed by atoms with Gasteiger partial charge in [-0.25, -0.2) is 0 Å². The Bertz CT molecular complexity index is 4050. The van der Waals surface area contributed by atoms with E-state index in [1.54, 1.807) is 0 Å². The lowest BCUT2D eigenvalue weighted by Gasteiger charge is -2.45. The molecule has 0 amide bonds. The molecule has 0 unspecified atom stereocenters. The predicted octanol–water partition coefficient (Wildman–Crippen LogP) is 15.9. The fourth-order valence-electron chi connectivity index (χ4n) is 14.0. The van der Waals surface area contributed by atoms with Crippen molar-refractivity contribution in [3.05, 3.63) is 184 Å². The third kappa shape index (κ3) is 5.48. The maximum absolute atomic E-state index is 2.80. The molecular formula is C69H67BN2. The Hall–Kier alpha value is -6.58. The molecule has 8 aromatic carbocycles. The molecule has 0 N–H and O–H groups in total. The van der Waals surface area contributed by atoms with E-state index in [2.05, 4.69) is 246 Å². The molecule has 2 aromatic heterocycles. The maximum Gasteiger partial charge on any atom is 0.252 e. The van der Waals surface area contributed by atoms with E-state index in [9.17, 15) is 0 Å². The minimum Gasteiger partial charge on any atom is -0.310 e. The van der Waals surface area contributed by atoms with Gasteiger partial charge >= 0.3 is 0 Å². The molecule has 10 aromatic rings. The van der Waals surface area contributed by atoms with E-state index in [4.69, 9.17) is 0 Å². The molecule has 14 rings (SSSR count). The highest BCUT2D eigenvalue weighted by Gasteiger charge is 2.55. The number of fused-ring (bicyclic) bond motifs is 14. The van der Waals surface area contributed by atoms with Crippen LogP contribution in [0.5, 0.6) is 0 Å². The van der Waals surface area contributed by atoms with Crippen LogP contribution in [0.25, 0.3) is 77.2 Å². The first-order valence-corrected chi connectivity index (χ1v) is 26.7.